The van der Waals surface area contributed by atoms with E-state index in [4.69, 9.17) is 0 Å². The SMILES string of the molecule is F[C-](F)F.[CH3-].[CH3-].[Pd].[c-]1ccccc1. The van der Waals surface area contributed by atoms with Crippen molar-refractivity contribution >= 4 is 0 Å². The van der Waals surface area contributed by atoms with Crippen molar-refractivity contribution in [1.29, 1.82) is 0 Å². The van der Waals surface area contributed by atoms with Crippen molar-refractivity contribution < 1.29 is 33.6 Å². The summed E-state index contributed by atoms with van der Waals surface area (Å²) in [7, 11) is 0. The second-order valence-electron chi connectivity index (χ2n) is 1.29. The number of rotatable bonds is 0. The molecule has 82 valence electrons. The minimum Gasteiger partial charge on any atom is -0.385 e. The third-order valence-corrected chi connectivity index (χ3v) is 0.607. The molecular weight excluding hydrogens is 272 g/mol. The first-order valence-electron chi connectivity index (χ1n) is 2.48. The summed E-state index contributed by atoms with van der Waals surface area (Å²) in [5.41, 5.74) is 0. The minimum absolute atomic E-state index is 0. The van der Waals surface area contributed by atoms with E-state index in [1.54, 1.807) is 0 Å². The first-order chi connectivity index (χ1) is 4.73. The molecule has 0 nitrogen and oxygen atoms in total. The van der Waals surface area contributed by atoms with Gasteiger partial charge in [-0.2, -0.15) is 36.4 Å². The van der Waals surface area contributed by atoms with Crippen molar-refractivity contribution in [2.45, 2.75) is 0 Å². The molecule has 0 fully saturated rings. The predicted molar refractivity (Wildman–Crippen MR) is 44.7 cm³/mol. The van der Waals surface area contributed by atoms with E-state index in [0.29, 0.717) is 0 Å². The topological polar surface area (TPSA) is 0 Å². The summed E-state index contributed by atoms with van der Waals surface area (Å²) in [6, 6.07) is 12.5. The van der Waals surface area contributed by atoms with E-state index in [0.717, 1.165) is 0 Å². The van der Waals surface area contributed by atoms with Gasteiger partial charge in [0, 0.05) is 20.4 Å². The molecule has 13 heavy (non-hydrogen) atoms. The van der Waals surface area contributed by atoms with Crippen LogP contribution < -0.4 is 0 Å². The first-order valence-corrected chi connectivity index (χ1v) is 2.48. The Labute approximate surface area is 91.8 Å². The molecule has 0 aliphatic rings. The maximum Gasteiger partial charge on any atom is 0.154 e. The van der Waals surface area contributed by atoms with Crippen molar-refractivity contribution in [3.05, 3.63) is 57.9 Å². The van der Waals surface area contributed by atoms with Gasteiger partial charge in [-0.1, -0.05) is 0 Å². The molecule has 0 saturated carbocycles. The molecule has 0 saturated heterocycles. The molecule has 0 spiro atoms. The Morgan fingerprint density at radius 3 is 1.23 bits per heavy atom. The smallest absolute Gasteiger partial charge is 0.154 e. The van der Waals surface area contributed by atoms with Gasteiger partial charge in [0.1, 0.15) is 0 Å². The third-order valence-electron chi connectivity index (χ3n) is 0.607. The van der Waals surface area contributed by atoms with Crippen LogP contribution in [0.3, 0.4) is 0 Å². The largest absolute Gasteiger partial charge is 0.385 e. The molecule has 4 heteroatoms. The molecule has 0 radical (unpaired) electrons. The van der Waals surface area contributed by atoms with Crippen LogP contribution in [-0.4, -0.2) is 0 Å². The van der Waals surface area contributed by atoms with E-state index in [9.17, 15) is 13.2 Å². The van der Waals surface area contributed by atoms with Gasteiger partial charge in [0.15, 0.2) is 6.68 Å². The van der Waals surface area contributed by atoms with Gasteiger partial charge in [0.05, 0.1) is 0 Å². The Bertz CT molecular complexity index is 115. The fourth-order valence-corrected chi connectivity index (χ4v) is 0.342. The van der Waals surface area contributed by atoms with Crippen molar-refractivity contribution in [2.24, 2.45) is 0 Å². The molecule has 0 atom stereocenters. The van der Waals surface area contributed by atoms with Crippen molar-refractivity contribution in [2.75, 3.05) is 0 Å². The summed E-state index contributed by atoms with van der Waals surface area (Å²) in [5, 5.41) is 0. The third kappa shape index (κ3) is 33.9. The van der Waals surface area contributed by atoms with Gasteiger partial charge >= 0.3 is 0 Å². The number of halogens is 3. The van der Waals surface area contributed by atoms with E-state index < -0.39 is 6.68 Å². The fraction of sp³-hybridized carbons (Fsp3) is 0. The van der Waals surface area contributed by atoms with Gasteiger partial charge in [0.2, 0.25) is 0 Å². The Balaban J connectivity index is -0.0000000536. The average molecular weight is 283 g/mol. The van der Waals surface area contributed by atoms with Crippen LogP contribution in [0, 0.1) is 27.6 Å². The Morgan fingerprint density at radius 1 is 0.846 bits per heavy atom. The fourth-order valence-electron chi connectivity index (χ4n) is 0.342. The zero-order valence-electron chi connectivity index (χ0n) is 7.34. The second-order valence-corrected chi connectivity index (χ2v) is 1.29. The maximum atomic E-state index is 9.58. The van der Waals surface area contributed by atoms with Gasteiger partial charge in [-0.3, -0.25) is 0 Å². The summed E-state index contributed by atoms with van der Waals surface area (Å²) in [5.74, 6) is 0. The first kappa shape index (κ1) is 23.0. The van der Waals surface area contributed by atoms with Crippen molar-refractivity contribution in [3.8, 4) is 0 Å². The molecule has 0 aromatic heterocycles. The van der Waals surface area contributed by atoms with Gasteiger partial charge < -0.3 is 28.0 Å². The van der Waals surface area contributed by atoms with E-state index in [2.05, 4.69) is 6.07 Å². The molecule has 1 aromatic rings. The summed E-state index contributed by atoms with van der Waals surface area (Å²) in [6.07, 6.45) is 0. The summed E-state index contributed by atoms with van der Waals surface area (Å²) < 4.78 is 28.8. The standard InChI is InChI=1S/C6H5.CF3.2CH3.Pd/c1-2-4-6-5-3-1;2-1(3)4;;;/h1-5H;;2*1H3;/q4*-1;. The van der Waals surface area contributed by atoms with Gasteiger partial charge in [-0.05, 0) is 0 Å². The number of hydrogen-bond acceptors (Lipinski definition) is 0. The molecule has 0 N–H and O–H groups in total. The van der Waals surface area contributed by atoms with E-state index in [-0.39, 0.29) is 35.3 Å². The molecule has 0 bridgehead atoms. The van der Waals surface area contributed by atoms with Crippen LogP contribution in [-0.2, 0) is 20.4 Å². The summed E-state index contributed by atoms with van der Waals surface area (Å²) >= 11 is 0. The molecule has 0 heterocycles. The minimum atomic E-state index is -3.08. The van der Waals surface area contributed by atoms with Crippen molar-refractivity contribution in [1.82, 2.24) is 0 Å². The van der Waals surface area contributed by atoms with Crippen LogP contribution in [0.1, 0.15) is 0 Å². The predicted octanol–water partition coefficient (Wildman–Crippen LogP) is 3.73. The van der Waals surface area contributed by atoms with Gasteiger partial charge in [0.25, 0.3) is 0 Å². The molecule has 0 amide bonds. The van der Waals surface area contributed by atoms with Crippen LogP contribution in [0.4, 0.5) is 13.2 Å². The van der Waals surface area contributed by atoms with Gasteiger partial charge in [-0.25, -0.2) is 0 Å². The molecule has 1 rings (SSSR count). The van der Waals surface area contributed by atoms with Crippen LogP contribution in [0.25, 0.3) is 0 Å². The molecule has 0 unspecified atom stereocenters. The van der Waals surface area contributed by atoms with Crippen LogP contribution >= 0.6 is 0 Å². The quantitative estimate of drug-likeness (QED) is 0.502. The average Bonchev–Trinajstić information content (AvgIpc) is 1.90. The Kier molecular flexibility index (Phi) is 31.2. The normalized spacial score (nSPS) is 6.46. The van der Waals surface area contributed by atoms with E-state index in [1.165, 1.54) is 0 Å². The van der Waals surface area contributed by atoms with E-state index >= 15 is 0 Å². The molecular formula is C9H11F3Pd-4. The van der Waals surface area contributed by atoms with Crippen LogP contribution in [0.2, 0.25) is 0 Å². The Hall–Kier alpha value is -0.328. The summed E-state index contributed by atoms with van der Waals surface area (Å²) in [4.78, 5) is 0. The second kappa shape index (κ2) is 17.7. The van der Waals surface area contributed by atoms with Gasteiger partial charge in [-0.15, -0.1) is 0 Å². The zero-order chi connectivity index (χ0) is 7.82. The maximum absolute atomic E-state index is 9.58. The van der Waals surface area contributed by atoms with Crippen LogP contribution in [0.15, 0.2) is 30.3 Å². The number of benzene rings is 1. The molecule has 0 aliphatic heterocycles. The monoisotopic (exact) mass is 282 g/mol. The number of hydrogen-bond donors (Lipinski definition) is 0. The molecule has 0 aliphatic carbocycles. The van der Waals surface area contributed by atoms with Crippen molar-refractivity contribution in [3.63, 3.8) is 0 Å². The summed E-state index contributed by atoms with van der Waals surface area (Å²) in [6.45, 7) is -3.08. The van der Waals surface area contributed by atoms with Crippen LogP contribution in [0.5, 0.6) is 0 Å². The Morgan fingerprint density at radius 2 is 1.15 bits per heavy atom. The van der Waals surface area contributed by atoms with E-state index in [1.807, 2.05) is 30.3 Å². The zero-order valence-corrected chi connectivity index (χ0v) is 8.89. The molecule has 1 aromatic carbocycles.